The second kappa shape index (κ2) is 6.45. The van der Waals surface area contributed by atoms with E-state index in [0.717, 1.165) is 5.56 Å². The molecule has 0 nitrogen and oxygen atoms in total. The van der Waals surface area contributed by atoms with Crippen molar-refractivity contribution < 1.29 is 4.39 Å². The summed E-state index contributed by atoms with van der Waals surface area (Å²) < 4.78 is 14.8. The number of halogens is 1. The van der Waals surface area contributed by atoms with Gasteiger partial charge in [-0.3, -0.25) is 0 Å². The molecule has 0 amide bonds. The normalized spacial score (nSPS) is 22.0. The molecule has 2 heteroatoms. The van der Waals surface area contributed by atoms with Gasteiger partial charge in [-0.25, -0.2) is 4.39 Å². The smallest absolute Gasteiger partial charge is 0.130 e. The molecule has 0 N–H and O–H groups in total. The van der Waals surface area contributed by atoms with Crippen molar-refractivity contribution >= 4 is 19.7 Å². The third kappa shape index (κ3) is 2.70. The van der Waals surface area contributed by atoms with Crippen LogP contribution in [0.15, 0.2) is 71.3 Å². The summed E-state index contributed by atoms with van der Waals surface area (Å²) in [5, 5.41) is 0. The minimum Gasteiger partial charge on any atom is -0.206 e. The summed E-state index contributed by atoms with van der Waals surface area (Å²) in [5.41, 5.74) is 9.60. The zero-order valence-electron chi connectivity index (χ0n) is 16.8. The minimum absolute atomic E-state index is 0.105. The Balaban J connectivity index is 1.86. The number of rotatable bonds is 3. The van der Waals surface area contributed by atoms with E-state index in [9.17, 15) is 4.39 Å². The maximum Gasteiger partial charge on any atom is 0.130 e. The van der Waals surface area contributed by atoms with Crippen molar-refractivity contribution in [2.45, 2.75) is 44.9 Å². The second-order valence-corrected chi connectivity index (χ2v) is 13.4. The molecule has 2 aliphatic carbocycles. The third-order valence-corrected chi connectivity index (χ3v) is 11.1. The molecule has 0 aliphatic heterocycles. The Bertz CT molecular complexity index is 1010. The lowest BCUT2D eigenvalue weighted by Crippen LogP contribution is -2.39. The zero-order valence-corrected chi connectivity index (χ0v) is 17.8. The Morgan fingerprint density at radius 3 is 2.26 bits per heavy atom. The van der Waals surface area contributed by atoms with Gasteiger partial charge in [0.25, 0.3) is 0 Å². The Morgan fingerprint density at radius 2 is 1.52 bits per heavy atom. The van der Waals surface area contributed by atoms with E-state index in [4.69, 9.17) is 0 Å². The van der Waals surface area contributed by atoms with Crippen LogP contribution in [0.5, 0.6) is 0 Å². The molecule has 138 valence electrons. The summed E-state index contributed by atoms with van der Waals surface area (Å²) in [6.45, 7) is 11.6. The second-order valence-electron chi connectivity index (χ2n) is 8.55. The molecule has 0 radical (unpaired) electrons. The van der Waals surface area contributed by atoms with Crippen LogP contribution in [0.2, 0.25) is 18.6 Å². The van der Waals surface area contributed by atoms with Crippen molar-refractivity contribution in [2.24, 2.45) is 0 Å². The van der Waals surface area contributed by atoms with Gasteiger partial charge >= 0.3 is 0 Å². The Hall–Kier alpha value is -2.19. The number of hydrogen-bond donors (Lipinski definition) is 0. The predicted octanol–water partition coefficient (Wildman–Crippen LogP) is 7.38. The highest BCUT2D eigenvalue weighted by Crippen LogP contribution is 2.56. The molecule has 4 rings (SSSR count). The first-order valence-electron chi connectivity index (χ1n) is 9.74. The van der Waals surface area contributed by atoms with Crippen LogP contribution >= 0.6 is 0 Å². The van der Waals surface area contributed by atoms with E-state index in [1.165, 1.54) is 33.4 Å². The van der Waals surface area contributed by atoms with Crippen molar-refractivity contribution in [3.8, 4) is 0 Å². The lowest BCUT2D eigenvalue weighted by molar-refractivity contribution is 0.623. The van der Waals surface area contributed by atoms with Crippen LogP contribution in [0.25, 0.3) is 11.6 Å². The van der Waals surface area contributed by atoms with Gasteiger partial charge in [0.05, 0.1) is 8.07 Å². The van der Waals surface area contributed by atoms with Gasteiger partial charge in [0.2, 0.25) is 0 Å². The van der Waals surface area contributed by atoms with E-state index in [2.05, 4.69) is 70.3 Å². The molecule has 2 aliphatic rings. The lowest BCUT2D eigenvalue weighted by Gasteiger charge is -2.38. The molecule has 2 aromatic rings. The Kier molecular flexibility index (Phi) is 4.35. The average Bonchev–Trinajstić information content (AvgIpc) is 3.18. The van der Waals surface area contributed by atoms with Gasteiger partial charge in [-0.15, -0.1) is 0 Å². The van der Waals surface area contributed by atoms with Crippen molar-refractivity contribution in [1.29, 1.82) is 0 Å². The van der Waals surface area contributed by atoms with E-state index in [-0.39, 0.29) is 5.82 Å². The highest BCUT2D eigenvalue weighted by Gasteiger charge is 2.46. The molecule has 0 heterocycles. The lowest BCUT2D eigenvalue weighted by atomic mass is 9.99. The van der Waals surface area contributed by atoms with Crippen LogP contribution in [-0.2, 0) is 0 Å². The van der Waals surface area contributed by atoms with Crippen molar-refractivity contribution in [2.75, 3.05) is 0 Å². The molecule has 2 unspecified atom stereocenters. The van der Waals surface area contributed by atoms with Crippen LogP contribution in [0, 0.1) is 5.82 Å². The van der Waals surface area contributed by atoms with Crippen molar-refractivity contribution in [1.82, 2.24) is 0 Å². The quantitative estimate of drug-likeness (QED) is 0.492. The molecule has 0 aromatic heterocycles. The molecular formula is C25H27FSi. The third-order valence-electron chi connectivity index (χ3n) is 6.79. The molecule has 27 heavy (non-hydrogen) atoms. The molecule has 0 bridgehead atoms. The minimum atomic E-state index is -1.87. The van der Waals surface area contributed by atoms with E-state index >= 15 is 0 Å². The first-order valence-corrected chi connectivity index (χ1v) is 12.9. The SMILES string of the molecule is CC1=C(C)C([Si](C)(C)C2C=Cc3ccccc32)C(c2ccccc2F)=C1C. The van der Waals surface area contributed by atoms with Gasteiger partial charge in [-0.2, -0.15) is 0 Å². The molecule has 0 fully saturated rings. The van der Waals surface area contributed by atoms with E-state index in [1.807, 2.05) is 12.1 Å². The summed E-state index contributed by atoms with van der Waals surface area (Å²) >= 11 is 0. The molecule has 2 aromatic carbocycles. The fraction of sp³-hybridized carbons (Fsp3) is 0.280. The summed E-state index contributed by atoms with van der Waals surface area (Å²) in [6.07, 6.45) is 4.67. The first kappa shape index (κ1) is 18.2. The monoisotopic (exact) mass is 374 g/mol. The van der Waals surface area contributed by atoms with Gasteiger partial charge in [0, 0.05) is 11.1 Å². The van der Waals surface area contributed by atoms with Crippen molar-refractivity contribution in [3.05, 3.63) is 93.8 Å². The van der Waals surface area contributed by atoms with Crippen molar-refractivity contribution in [3.63, 3.8) is 0 Å². The van der Waals surface area contributed by atoms with Crippen LogP contribution in [0.1, 0.15) is 43.0 Å². The number of allylic oxidation sites excluding steroid dienone is 5. The number of benzene rings is 2. The molecule has 2 atom stereocenters. The van der Waals surface area contributed by atoms with Crippen LogP contribution < -0.4 is 0 Å². The molecule has 0 saturated carbocycles. The topological polar surface area (TPSA) is 0 Å². The molecule has 0 saturated heterocycles. The number of fused-ring (bicyclic) bond motifs is 1. The van der Waals surface area contributed by atoms with Gasteiger partial charge in [-0.05, 0) is 60.2 Å². The largest absolute Gasteiger partial charge is 0.206 e. The highest BCUT2D eigenvalue weighted by molar-refractivity contribution is 6.83. The molecule has 0 spiro atoms. The van der Waals surface area contributed by atoms with Crippen LogP contribution in [-0.4, -0.2) is 8.07 Å². The first-order chi connectivity index (χ1) is 12.8. The Labute approximate surface area is 163 Å². The van der Waals surface area contributed by atoms with Crippen LogP contribution in [0.3, 0.4) is 0 Å². The Morgan fingerprint density at radius 1 is 0.852 bits per heavy atom. The van der Waals surface area contributed by atoms with E-state index in [0.29, 0.717) is 11.1 Å². The van der Waals surface area contributed by atoms with Gasteiger partial charge in [0.15, 0.2) is 0 Å². The van der Waals surface area contributed by atoms with Gasteiger partial charge in [-0.1, -0.05) is 73.3 Å². The van der Waals surface area contributed by atoms with Gasteiger partial charge < -0.3 is 0 Å². The maximum atomic E-state index is 14.8. The zero-order chi connectivity index (χ0) is 19.3. The van der Waals surface area contributed by atoms with E-state index in [1.54, 1.807) is 12.1 Å². The summed E-state index contributed by atoms with van der Waals surface area (Å²) in [7, 11) is -1.87. The highest BCUT2D eigenvalue weighted by atomic mass is 28.3. The fourth-order valence-electron chi connectivity index (χ4n) is 5.19. The maximum absolute atomic E-state index is 14.8. The summed E-state index contributed by atoms with van der Waals surface area (Å²) in [4.78, 5) is 0. The fourth-order valence-corrected chi connectivity index (χ4v) is 9.66. The summed E-state index contributed by atoms with van der Waals surface area (Å²) in [5.74, 6) is -0.105. The number of hydrogen-bond acceptors (Lipinski definition) is 0. The standard InChI is InChI=1S/C25H27FSi/c1-16-17(2)24(21-12-8-9-13-22(21)26)25(18(16)3)27(4,5)23-15-14-19-10-6-7-11-20(19)23/h6-15,23,25H,1-5H3. The predicted molar refractivity (Wildman–Crippen MR) is 117 cm³/mol. The van der Waals surface area contributed by atoms with Crippen LogP contribution in [0.4, 0.5) is 4.39 Å². The van der Waals surface area contributed by atoms with E-state index < -0.39 is 8.07 Å². The van der Waals surface area contributed by atoms with Gasteiger partial charge in [0.1, 0.15) is 5.82 Å². The molecular weight excluding hydrogens is 347 g/mol. The summed E-state index contributed by atoms with van der Waals surface area (Å²) in [6, 6.07) is 16.0. The average molecular weight is 375 g/mol.